The molecule has 23 heavy (non-hydrogen) atoms. The Morgan fingerprint density at radius 1 is 1.43 bits per heavy atom. The molecule has 0 aliphatic rings. The highest BCUT2D eigenvalue weighted by atomic mass is 32.1. The molecule has 1 heterocycles. The molecule has 0 radical (unpaired) electrons. The minimum Gasteiger partial charge on any atom is -0.390 e. The number of carbonyl (C=O) groups excluding carboxylic acids is 1. The number of amides is 1. The minimum absolute atomic E-state index is 0.0583. The summed E-state index contributed by atoms with van der Waals surface area (Å²) >= 11 is 1.60. The van der Waals surface area contributed by atoms with Gasteiger partial charge in [-0.2, -0.15) is 0 Å². The number of hydrogen-bond donors (Lipinski definition) is 2. The molecule has 5 heteroatoms. The SMILES string of the molecule is C[C@H](Cc1cncs1)NC(=O)c1cccc(CCC(C)(C)O)c1. The van der Waals surface area contributed by atoms with Crippen molar-refractivity contribution in [1.29, 1.82) is 0 Å². The Labute approximate surface area is 141 Å². The zero-order valence-corrected chi connectivity index (χ0v) is 14.7. The van der Waals surface area contributed by atoms with Crippen LogP contribution in [0.1, 0.15) is 48.0 Å². The number of thiazole rings is 1. The lowest BCUT2D eigenvalue weighted by molar-refractivity contribution is 0.0714. The van der Waals surface area contributed by atoms with E-state index in [9.17, 15) is 9.90 Å². The van der Waals surface area contributed by atoms with E-state index in [1.807, 2.05) is 37.4 Å². The number of nitrogens with zero attached hydrogens (tertiary/aromatic N) is 1. The van der Waals surface area contributed by atoms with Gasteiger partial charge in [0.25, 0.3) is 5.91 Å². The molecule has 1 aromatic heterocycles. The molecule has 2 N–H and O–H groups in total. The van der Waals surface area contributed by atoms with Crippen molar-refractivity contribution in [1.82, 2.24) is 10.3 Å². The van der Waals surface area contributed by atoms with Gasteiger partial charge in [0, 0.05) is 29.1 Å². The first-order chi connectivity index (χ1) is 10.8. The van der Waals surface area contributed by atoms with Gasteiger partial charge in [-0.05, 0) is 51.3 Å². The van der Waals surface area contributed by atoms with Crippen LogP contribution in [0.4, 0.5) is 0 Å². The first-order valence-electron chi connectivity index (χ1n) is 7.83. The number of hydrogen-bond acceptors (Lipinski definition) is 4. The van der Waals surface area contributed by atoms with Crippen LogP contribution in [0.25, 0.3) is 0 Å². The fourth-order valence-corrected chi connectivity index (χ4v) is 3.05. The molecule has 1 aromatic carbocycles. The van der Waals surface area contributed by atoms with Crippen LogP contribution in [-0.4, -0.2) is 27.6 Å². The zero-order valence-electron chi connectivity index (χ0n) is 13.9. The Morgan fingerprint density at radius 2 is 2.22 bits per heavy atom. The van der Waals surface area contributed by atoms with Crippen LogP contribution in [-0.2, 0) is 12.8 Å². The van der Waals surface area contributed by atoms with Gasteiger partial charge in [0.2, 0.25) is 0 Å². The van der Waals surface area contributed by atoms with Crippen LogP contribution in [0.15, 0.2) is 36.0 Å². The molecule has 0 unspecified atom stereocenters. The maximum Gasteiger partial charge on any atom is 0.251 e. The van der Waals surface area contributed by atoms with Gasteiger partial charge in [0.05, 0.1) is 11.1 Å². The van der Waals surface area contributed by atoms with Crippen molar-refractivity contribution >= 4 is 17.2 Å². The van der Waals surface area contributed by atoms with E-state index in [4.69, 9.17) is 0 Å². The number of carbonyl (C=O) groups is 1. The number of benzene rings is 1. The molecule has 4 nitrogen and oxygen atoms in total. The van der Waals surface area contributed by atoms with E-state index in [1.54, 1.807) is 30.7 Å². The summed E-state index contributed by atoms with van der Waals surface area (Å²) in [6.45, 7) is 5.59. The van der Waals surface area contributed by atoms with Crippen molar-refractivity contribution in [2.45, 2.75) is 51.7 Å². The lowest BCUT2D eigenvalue weighted by atomic mass is 9.98. The van der Waals surface area contributed by atoms with Crippen LogP contribution in [0, 0.1) is 0 Å². The molecule has 1 atom stereocenters. The van der Waals surface area contributed by atoms with Crippen LogP contribution in [0.5, 0.6) is 0 Å². The fourth-order valence-electron chi connectivity index (χ4n) is 2.32. The molecule has 2 rings (SSSR count). The maximum atomic E-state index is 12.4. The van der Waals surface area contributed by atoms with E-state index < -0.39 is 5.60 Å². The van der Waals surface area contributed by atoms with Crippen molar-refractivity contribution in [3.63, 3.8) is 0 Å². The molecule has 0 bridgehead atoms. The van der Waals surface area contributed by atoms with Gasteiger partial charge < -0.3 is 10.4 Å². The average molecular weight is 332 g/mol. The summed E-state index contributed by atoms with van der Waals surface area (Å²) in [5.41, 5.74) is 2.83. The number of aryl methyl sites for hydroxylation is 1. The molecule has 0 aliphatic heterocycles. The number of aromatic nitrogens is 1. The lowest BCUT2D eigenvalue weighted by Gasteiger charge is -2.17. The van der Waals surface area contributed by atoms with Crippen molar-refractivity contribution < 1.29 is 9.90 Å². The predicted octanol–water partition coefficient (Wildman–Crippen LogP) is 3.21. The van der Waals surface area contributed by atoms with Crippen LogP contribution in [0.3, 0.4) is 0 Å². The Kier molecular flexibility index (Phi) is 5.91. The second-order valence-electron chi connectivity index (χ2n) is 6.56. The second-order valence-corrected chi connectivity index (χ2v) is 7.53. The Bertz CT molecular complexity index is 633. The monoisotopic (exact) mass is 332 g/mol. The summed E-state index contributed by atoms with van der Waals surface area (Å²) in [6.07, 6.45) is 4.04. The molecule has 0 aliphatic carbocycles. The molecular weight excluding hydrogens is 308 g/mol. The molecule has 2 aromatic rings. The third-order valence-electron chi connectivity index (χ3n) is 3.58. The average Bonchev–Trinajstić information content (AvgIpc) is 2.97. The van der Waals surface area contributed by atoms with Crippen molar-refractivity contribution in [3.8, 4) is 0 Å². The zero-order chi connectivity index (χ0) is 16.9. The van der Waals surface area contributed by atoms with E-state index in [-0.39, 0.29) is 11.9 Å². The van der Waals surface area contributed by atoms with Crippen LogP contribution >= 0.6 is 11.3 Å². The molecule has 0 saturated heterocycles. The van der Waals surface area contributed by atoms with Gasteiger partial charge in [0.1, 0.15) is 0 Å². The Hall–Kier alpha value is -1.72. The lowest BCUT2D eigenvalue weighted by Crippen LogP contribution is -2.33. The molecule has 1 amide bonds. The van der Waals surface area contributed by atoms with Crippen molar-refractivity contribution in [2.24, 2.45) is 0 Å². The third kappa shape index (κ3) is 6.12. The number of nitrogens with one attached hydrogen (secondary N) is 1. The predicted molar refractivity (Wildman–Crippen MR) is 93.8 cm³/mol. The van der Waals surface area contributed by atoms with Gasteiger partial charge in [0.15, 0.2) is 0 Å². The topological polar surface area (TPSA) is 62.2 Å². The normalized spacial score (nSPS) is 12.9. The van der Waals surface area contributed by atoms with E-state index >= 15 is 0 Å². The van der Waals surface area contributed by atoms with Gasteiger partial charge in [-0.15, -0.1) is 11.3 Å². The Balaban J connectivity index is 1.93. The minimum atomic E-state index is -0.693. The van der Waals surface area contributed by atoms with Gasteiger partial charge in [-0.3, -0.25) is 9.78 Å². The highest BCUT2D eigenvalue weighted by Gasteiger charge is 2.14. The van der Waals surface area contributed by atoms with E-state index in [1.165, 1.54) is 0 Å². The molecule has 0 fully saturated rings. The molecule has 0 spiro atoms. The molecule has 124 valence electrons. The standard InChI is InChI=1S/C18H24N2O2S/c1-13(9-16-11-19-12-23-16)20-17(21)15-6-4-5-14(10-15)7-8-18(2,3)22/h4-6,10-13,22H,7-9H2,1-3H3,(H,20,21)/t13-/m1/s1. The van der Waals surface area contributed by atoms with E-state index in [0.29, 0.717) is 12.0 Å². The summed E-state index contributed by atoms with van der Waals surface area (Å²) in [5, 5.41) is 12.8. The van der Waals surface area contributed by atoms with Crippen molar-refractivity contribution in [2.75, 3.05) is 0 Å². The van der Waals surface area contributed by atoms with E-state index in [0.717, 1.165) is 23.3 Å². The molecule has 0 saturated carbocycles. The van der Waals surface area contributed by atoms with Gasteiger partial charge in [-0.1, -0.05) is 12.1 Å². The summed E-state index contributed by atoms with van der Waals surface area (Å²) in [5.74, 6) is -0.0628. The summed E-state index contributed by atoms with van der Waals surface area (Å²) in [6, 6.07) is 7.66. The van der Waals surface area contributed by atoms with Crippen LogP contribution < -0.4 is 5.32 Å². The third-order valence-corrected chi connectivity index (χ3v) is 4.38. The number of rotatable bonds is 7. The maximum absolute atomic E-state index is 12.4. The number of aliphatic hydroxyl groups is 1. The second kappa shape index (κ2) is 7.70. The highest BCUT2D eigenvalue weighted by molar-refractivity contribution is 7.09. The van der Waals surface area contributed by atoms with Crippen LogP contribution in [0.2, 0.25) is 0 Å². The smallest absolute Gasteiger partial charge is 0.251 e. The first-order valence-corrected chi connectivity index (χ1v) is 8.71. The molecular formula is C18H24N2O2S. The summed E-state index contributed by atoms with van der Waals surface area (Å²) < 4.78 is 0. The Morgan fingerprint density at radius 3 is 2.87 bits per heavy atom. The highest BCUT2D eigenvalue weighted by Crippen LogP contribution is 2.15. The first kappa shape index (κ1) is 17.6. The van der Waals surface area contributed by atoms with Crippen molar-refractivity contribution in [3.05, 3.63) is 52.0 Å². The van der Waals surface area contributed by atoms with E-state index in [2.05, 4.69) is 10.3 Å². The summed E-state index contributed by atoms with van der Waals surface area (Å²) in [4.78, 5) is 17.6. The van der Waals surface area contributed by atoms with Gasteiger partial charge >= 0.3 is 0 Å². The fraction of sp³-hybridized carbons (Fsp3) is 0.444. The quantitative estimate of drug-likeness (QED) is 0.818. The van der Waals surface area contributed by atoms with Gasteiger partial charge in [-0.25, -0.2) is 0 Å². The largest absolute Gasteiger partial charge is 0.390 e. The summed E-state index contributed by atoms with van der Waals surface area (Å²) in [7, 11) is 0.